The Morgan fingerprint density at radius 3 is 2.67 bits per heavy atom. The summed E-state index contributed by atoms with van der Waals surface area (Å²) in [6.45, 7) is 0. The topological polar surface area (TPSA) is 76.1 Å². The molecule has 0 unspecified atom stereocenters. The molecule has 0 saturated heterocycles. The van der Waals surface area contributed by atoms with Crippen LogP contribution < -0.4 is 15.4 Å². The van der Waals surface area contributed by atoms with Crippen molar-refractivity contribution in [3.05, 3.63) is 42.1 Å². The average Bonchev–Trinajstić information content (AvgIpc) is 3.32. The van der Waals surface area contributed by atoms with E-state index in [0.717, 1.165) is 12.8 Å². The van der Waals surface area contributed by atoms with Crippen LogP contribution in [-0.2, 0) is 0 Å². The van der Waals surface area contributed by atoms with E-state index >= 15 is 0 Å². The zero-order valence-corrected chi connectivity index (χ0v) is 11.7. The number of ether oxygens (including phenoxy) is 1. The van der Waals surface area contributed by atoms with Gasteiger partial charge in [-0.1, -0.05) is 12.1 Å². The lowest BCUT2D eigenvalue weighted by molar-refractivity contribution is 0.102. The summed E-state index contributed by atoms with van der Waals surface area (Å²) in [5.74, 6) is 0.988. The third-order valence-electron chi connectivity index (χ3n) is 3.18. The molecule has 6 nitrogen and oxygen atoms in total. The second-order valence-corrected chi connectivity index (χ2v) is 4.88. The van der Waals surface area contributed by atoms with E-state index in [1.165, 1.54) is 0 Å². The van der Waals surface area contributed by atoms with Crippen molar-refractivity contribution in [1.82, 2.24) is 10.2 Å². The molecule has 0 bridgehead atoms. The SMILES string of the molecule is COc1ccccc1NC(=O)c1ccc(NC2CC2)nn1. The second-order valence-electron chi connectivity index (χ2n) is 4.88. The minimum Gasteiger partial charge on any atom is -0.495 e. The van der Waals surface area contributed by atoms with Crippen LogP contribution >= 0.6 is 0 Å². The van der Waals surface area contributed by atoms with Gasteiger partial charge in [0.1, 0.15) is 11.6 Å². The largest absolute Gasteiger partial charge is 0.495 e. The molecule has 3 rings (SSSR count). The molecule has 0 spiro atoms. The molecular weight excluding hydrogens is 268 g/mol. The van der Waals surface area contributed by atoms with Gasteiger partial charge in [-0.2, -0.15) is 0 Å². The van der Waals surface area contributed by atoms with E-state index < -0.39 is 0 Å². The van der Waals surface area contributed by atoms with Gasteiger partial charge in [0.15, 0.2) is 5.69 Å². The van der Waals surface area contributed by atoms with Crippen LogP contribution in [-0.4, -0.2) is 29.3 Å². The average molecular weight is 284 g/mol. The Kier molecular flexibility index (Phi) is 3.68. The number of carbonyl (C=O) groups excluding carboxylic acids is 1. The number of hydrogen-bond donors (Lipinski definition) is 2. The number of carbonyl (C=O) groups is 1. The van der Waals surface area contributed by atoms with Gasteiger partial charge in [-0.25, -0.2) is 0 Å². The predicted molar refractivity (Wildman–Crippen MR) is 79.6 cm³/mol. The second kappa shape index (κ2) is 5.78. The summed E-state index contributed by atoms with van der Waals surface area (Å²) in [6.07, 6.45) is 2.33. The molecule has 1 aromatic carbocycles. The van der Waals surface area contributed by atoms with Crippen LogP contribution in [0.15, 0.2) is 36.4 Å². The standard InChI is InChI=1S/C15H16N4O2/c1-21-13-5-3-2-4-11(13)17-15(20)12-8-9-14(19-18-12)16-10-6-7-10/h2-5,8-10H,6-7H2,1H3,(H,16,19)(H,17,20). The first-order valence-corrected chi connectivity index (χ1v) is 6.81. The van der Waals surface area contributed by atoms with E-state index in [9.17, 15) is 4.79 Å². The quantitative estimate of drug-likeness (QED) is 0.881. The number of benzene rings is 1. The Morgan fingerprint density at radius 2 is 2.00 bits per heavy atom. The number of methoxy groups -OCH3 is 1. The zero-order valence-electron chi connectivity index (χ0n) is 11.7. The van der Waals surface area contributed by atoms with Crippen LogP contribution in [0.2, 0.25) is 0 Å². The minimum atomic E-state index is -0.315. The van der Waals surface area contributed by atoms with E-state index in [2.05, 4.69) is 20.8 Å². The summed E-state index contributed by atoms with van der Waals surface area (Å²) in [6, 6.07) is 11.1. The van der Waals surface area contributed by atoms with Crippen LogP contribution in [0.3, 0.4) is 0 Å². The Balaban J connectivity index is 1.69. The molecule has 1 amide bonds. The molecule has 1 aliphatic carbocycles. The molecule has 1 saturated carbocycles. The van der Waals surface area contributed by atoms with Crippen molar-refractivity contribution in [2.24, 2.45) is 0 Å². The summed E-state index contributed by atoms with van der Waals surface area (Å²) in [7, 11) is 1.56. The van der Waals surface area contributed by atoms with Gasteiger partial charge in [0.25, 0.3) is 5.91 Å². The van der Waals surface area contributed by atoms with Crippen molar-refractivity contribution in [1.29, 1.82) is 0 Å². The molecule has 0 atom stereocenters. The Labute approximate surface area is 122 Å². The monoisotopic (exact) mass is 284 g/mol. The maximum atomic E-state index is 12.1. The van der Waals surface area contributed by atoms with Crippen LogP contribution in [0.1, 0.15) is 23.3 Å². The van der Waals surface area contributed by atoms with Gasteiger partial charge in [0.05, 0.1) is 12.8 Å². The number of hydrogen-bond acceptors (Lipinski definition) is 5. The third kappa shape index (κ3) is 3.28. The molecule has 0 aliphatic heterocycles. The highest BCUT2D eigenvalue weighted by Crippen LogP contribution is 2.24. The van der Waals surface area contributed by atoms with Crippen LogP contribution in [0.5, 0.6) is 5.75 Å². The minimum absolute atomic E-state index is 0.266. The lowest BCUT2D eigenvalue weighted by Gasteiger charge is -2.09. The summed E-state index contributed by atoms with van der Waals surface area (Å²) < 4.78 is 5.19. The van der Waals surface area contributed by atoms with Gasteiger partial charge < -0.3 is 15.4 Å². The van der Waals surface area contributed by atoms with Crippen LogP contribution in [0, 0.1) is 0 Å². The van der Waals surface area contributed by atoms with Crippen molar-refractivity contribution >= 4 is 17.4 Å². The van der Waals surface area contributed by atoms with Crippen molar-refractivity contribution in [2.75, 3.05) is 17.7 Å². The van der Waals surface area contributed by atoms with Crippen molar-refractivity contribution in [3.8, 4) is 5.75 Å². The fourth-order valence-corrected chi connectivity index (χ4v) is 1.90. The van der Waals surface area contributed by atoms with E-state index in [-0.39, 0.29) is 11.6 Å². The summed E-state index contributed by atoms with van der Waals surface area (Å²) >= 11 is 0. The van der Waals surface area contributed by atoms with Crippen molar-refractivity contribution in [2.45, 2.75) is 18.9 Å². The number of nitrogens with zero attached hydrogens (tertiary/aromatic N) is 2. The molecule has 2 aromatic rings. The molecule has 21 heavy (non-hydrogen) atoms. The lowest BCUT2D eigenvalue weighted by atomic mass is 10.2. The lowest BCUT2D eigenvalue weighted by Crippen LogP contribution is -2.15. The van der Waals surface area contributed by atoms with E-state index in [0.29, 0.717) is 23.3 Å². The number of aromatic nitrogens is 2. The first-order valence-electron chi connectivity index (χ1n) is 6.81. The van der Waals surface area contributed by atoms with Gasteiger partial charge in [0.2, 0.25) is 0 Å². The van der Waals surface area contributed by atoms with Gasteiger partial charge >= 0.3 is 0 Å². The smallest absolute Gasteiger partial charge is 0.276 e. The van der Waals surface area contributed by atoms with Crippen LogP contribution in [0.4, 0.5) is 11.5 Å². The van der Waals surface area contributed by atoms with E-state index in [1.54, 1.807) is 31.4 Å². The number of para-hydroxylation sites is 2. The fourth-order valence-electron chi connectivity index (χ4n) is 1.90. The molecular formula is C15H16N4O2. The molecule has 6 heteroatoms. The van der Waals surface area contributed by atoms with Gasteiger partial charge in [0, 0.05) is 6.04 Å². The Bertz CT molecular complexity index is 638. The number of anilines is 2. The van der Waals surface area contributed by atoms with Crippen molar-refractivity contribution < 1.29 is 9.53 Å². The molecule has 1 aliphatic rings. The fraction of sp³-hybridized carbons (Fsp3) is 0.267. The normalized spacial score (nSPS) is 13.6. The number of rotatable bonds is 5. The molecule has 1 fully saturated rings. The molecule has 1 heterocycles. The first kappa shape index (κ1) is 13.4. The van der Waals surface area contributed by atoms with E-state index in [4.69, 9.17) is 4.74 Å². The van der Waals surface area contributed by atoms with Gasteiger partial charge in [-0.15, -0.1) is 10.2 Å². The number of nitrogens with one attached hydrogen (secondary N) is 2. The third-order valence-corrected chi connectivity index (χ3v) is 3.18. The highest BCUT2D eigenvalue weighted by atomic mass is 16.5. The first-order chi connectivity index (χ1) is 10.3. The number of amides is 1. The summed E-state index contributed by atoms with van der Waals surface area (Å²) in [5, 5.41) is 13.9. The Hall–Kier alpha value is -2.63. The van der Waals surface area contributed by atoms with Gasteiger partial charge in [-0.05, 0) is 37.1 Å². The molecule has 1 aromatic heterocycles. The van der Waals surface area contributed by atoms with Gasteiger partial charge in [-0.3, -0.25) is 4.79 Å². The van der Waals surface area contributed by atoms with Crippen LogP contribution in [0.25, 0.3) is 0 Å². The predicted octanol–water partition coefficient (Wildman–Crippen LogP) is 2.31. The highest BCUT2D eigenvalue weighted by molar-refractivity contribution is 6.03. The zero-order chi connectivity index (χ0) is 14.7. The Morgan fingerprint density at radius 1 is 1.19 bits per heavy atom. The van der Waals surface area contributed by atoms with E-state index in [1.807, 2.05) is 12.1 Å². The molecule has 108 valence electrons. The summed E-state index contributed by atoms with van der Waals surface area (Å²) in [5.41, 5.74) is 0.870. The maximum absolute atomic E-state index is 12.1. The molecule has 2 N–H and O–H groups in total. The molecule has 0 radical (unpaired) electrons. The van der Waals surface area contributed by atoms with Crippen molar-refractivity contribution in [3.63, 3.8) is 0 Å². The maximum Gasteiger partial charge on any atom is 0.276 e. The highest BCUT2D eigenvalue weighted by Gasteiger charge is 2.21. The summed E-state index contributed by atoms with van der Waals surface area (Å²) in [4.78, 5) is 12.1.